The Morgan fingerprint density at radius 2 is 1.43 bits per heavy atom. The predicted octanol–water partition coefficient (Wildman–Crippen LogP) is 13.2. The van der Waals surface area contributed by atoms with Gasteiger partial charge in [-0.1, -0.05) is 116 Å². The molecule has 1 amide bonds. The number of nitrogens with one attached hydrogen (secondary N) is 1. The summed E-state index contributed by atoms with van der Waals surface area (Å²) in [4.78, 5) is 12.8. The maximum atomic E-state index is 13.8. The van der Waals surface area contributed by atoms with Crippen molar-refractivity contribution in [3.63, 3.8) is 0 Å². The molecule has 2 aromatic carbocycles. The van der Waals surface area contributed by atoms with Gasteiger partial charge in [0.15, 0.2) is 0 Å². The van der Waals surface area contributed by atoms with E-state index in [0.29, 0.717) is 22.1 Å². The number of fused-ring (bicyclic) bond motifs is 5. The number of rotatable bonds is 6. The van der Waals surface area contributed by atoms with Crippen molar-refractivity contribution in [2.75, 3.05) is 7.11 Å². The number of carbonyl (C=O) groups is 1. The molecule has 4 fully saturated rings. The lowest BCUT2D eigenvalue weighted by atomic mass is 9.45. The van der Waals surface area contributed by atoms with Crippen molar-refractivity contribution in [1.29, 1.82) is 0 Å². The lowest BCUT2D eigenvalue weighted by molar-refractivity contribution is -0.119. The van der Waals surface area contributed by atoms with Crippen LogP contribution in [0.2, 0.25) is 0 Å². The fourth-order valence-electron chi connectivity index (χ4n) is 9.88. The van der Waals surface area contributed by atoms with Gasteiger partial charge in [-0.25, -0.2) is 4.39 Å². The molecule has 4 aliphatic carbocycles. The van der Waals surface area contributed by atoms with Gasteiger partial charge in [0.25, 0.3) is 0 Å². The van der Waals surface area contributed by atoms with E-state index in [0.717, 1.165) is 55.1 Å². The van der Waals surface area contributed by atoms with Crippen LogP contribution in [-0.4, -0.2) is 18.1 Å². The third-order valence-corrected chi connectivity index (χ3v) is 12.9. The monoisotopic (exact) mass is 700 g/mol. The molecule has 4 aliphatic rings. The Hall–Kier alpha value is -1.85. The summed E-state index contributed by atoms with van der Waals surface area (Å²) in [5.41, 5.74) is 3.78. The molecule has 5 heteroatoms. The quantitative estimate of drug-likeness (QED) is 0.295. The molecule has 7 atom stereocenters. The number of carbonyl (C=O) groups excluding carboxylic acids is 1. The van der Waals surface area contributed by atoms with Crippen molar-refractivity contribution in [1.82, 2.24) is 4.72 Å². The summed E-state index contributed by atoms with van der Waals surface area (Å²) in [5, 5.41) is 7.00. The zero-order valence-electron chi connectivity index (χ0n) is 33.3. The zero-order chi connectivity index (χ0) is 37.0. The van der Waals surface area contributed by atoms with Crippen LogP contribution in [0.5, 0.6) is 0 Å². The number of halogens is 1. The second kappa shape index (κ2) is 23.6. The number of amides is 1. The predicted molar refractivity (Wildman–Crippen MR) is 212 cm³/mol. The molecular weight excluding hydrogens is 626 g/mol. The van der Waals surface area contributed by atoms with Crippen LogP contribution in [0.25, 0.3) is 0 Å². The minimum absolute atomic E-state index is 0.0233. The fourth-order valence-corrected chi connectivity index (χ4v) is 10.5. The number of aliphatic hydroxyl groups excluding tert-OH is 1. The number of aliphatic hydroxyl groups is 1. The van der Waals surface area contributed by atoms with Gasteiger partial charge in [0.1, 0.15) is 5.82 Å². The van der Waals surface area contributed by atoms with Gasteiger partial charge in [-0.2, -0.15) is 0 Å². The van der Waals surface area contributed by atoms with Crippen LogP contribution in [0.1, 0.15) is 150 Å². The Kier molecular flexibility index (Phi) is 21.7. The Morgan fingerprint density at radius 1 is 0.796 bits per heavy atom. The molecule has 0 aliphatic heterocycles. The first-order valence-electron chi connectivity index (χ1n) is 19.9. The highest BCUT2D eigenvalue weighted by Crippen LogP contribution is 2.67. The minimum Gasteiger partial charge on any atom is -0.400 e. The van der Waals surface area contributed by atoms with E-state index in [2.05, 4.69) is 56.7 Å². The van der Waals surface area contributed by atoms with Crippen molar-refractivity contribution in [2.24, 2.45) is 40.4 Å². The molecule has 49 heavy (non-hydrogen) atoms. The van der Waals surface area contributed by atoms with Gasteiger partial charge in [-0.05, 0) is 143 Å². The van der Waals surface area contributed by atoms with E-state index in [9.17, 15) is 9.18 Å². The third-order valence-electron chi connectivity index (χ3n) is 12.0. The second-order valence-electron chi connectivity index (χ2n) is 14.3. The van der Waals surface area contributed by atoms with E-state index in [4.69, 9.17) is 5.11 Å². The first kappa shape index (κ1) is 45.2. The van der Waals surface area contributed by atoms with Crippen molar-refractivity contribution >= 4 is 17.9 Å². The minimum atomic E-state index is -0.278. The van der Waals surface area contributed by atoms with Gasteiger partial charge in [-0.15, -0.1) is 0 Å². The van der Waals surface area contributed by atoms with E-state index in [1.54, 1.807) is 18.2 Å². The third kappa shape index (κ3) is 12.1. The number of aryl methyl sites for hydroxylation is 2. The van der Waals surface area contributed by atoms with Gasteiger partial charge in [0.2, 0.25) is 5.91 Å². The van der Waals surface area contributed by atoms with Gasteiger partial charge < -0.3 is 5.11 Å². The van der Waals surface area contributed by atoms with Crippen molar-refractivity contribution in [3.05, 3.63) is 65.5 Å². The lowest BCUT2D eigenvalue weighted by Crippen LogP contribution is -2.52. The molecule has 0 aromatic heterocycles. The Labute approximate surface area is 306 Å². The van der Waals surface area contributed by atoms with E-state index in [1.165, 1.54) is 87.8 Å². The number of hydrogen-bond acceptors (Lipinski definition) is 3. The molecular formula is C44H74FNO2S. The summed E-state index contributed by atoms with van der Waals surface area (Å²) in [6.07, 6.45) is 17.1. The number of benzene rings is 2. The Balaban J connectivity index is 0.000000635. The highest BCUT2D eigenvalue weighted by molar-refractivity contribution is 7.98. The molecule has 0 spiro atoms. The van der Waals surface area contributed by atoms with Gasteiger partial charge >= 0.3 is 0 Å². The summed E-state index contributed by atoms with van der Waals surface area (Å²) >= 11 is 1.10. The molecule has 7 unspecified atom stereocenters. The van der Waals surface area contributed by atoms with Gasteiger partial charge in [-0.3, -0.25) is 9.52 Å². The molecule has 2 aromatic rings. The van der Waals surface area contributed by atoms with Crippen LogP contribution in [0.15, 0.2) is 53.4 Å². The highest BCUT2D eigenvalue weighted by atomic mass is 32.2. The van der Waals surface area contributed by atoms with Crippen LogP contribution >= 0.6 is 11.9 Å². The molecule has 3 nitrogen and oxygen atoms in total. The first-order valence-corrected chi connectivity index (χ1v) is 20.7. The van der Waals surface area contributed by atoms with E-state index in [1.807, 2.05) is 41.5 Å². The average molecular weight is 700 g/mol. The fraction of sp³-hybridized carbons (Fsp3) is 0.705. The maximum Gasteiger partial charge on any atom is 0.230 e. The highest BCUT2D eigenvalue weighted by Gasteiger charge is 2.59. The zero-order valence-corrected chi connectivity index (χ0v) is 34.2. The van der Waals surface area contributed by atoms with Crippen LogP contribution in [0.4, 0.5) is 4.39 Å². The van der Waals surface area contributed by atoms with Gasteiger partial charge in [0.05, 0.1) is 4.90 Å². The smallest absolute Gasteiger partial charge is 0.230 e. The van der Waals surface area contributed by atoms with Crippen molar-refractivity contribution < 1.29 is 14.3 Å². The topological polar surface area (TPSA) is 49.3 Å². The van der Waals surface area contributed by atoms with Crippen LogP contribution < -0.4 is 4.72 Å². The molecule has 2 N–H and O–H groups in total. The molecule has 0 radical (unpaired) electrons. The molecule has 0 heterocycles. The summed E-state index contributed by atoms with van der Waals surface area (Å²) < 4.78 is 16.6. The molecule has 0 saturated heterocycles. The van der Waals surface area contributed by atoms with E-state index < -0.39 is 0 Å². The molecule has 280 valence electrons. The summed E-state index contributed by atoms with van der Waals surface area (Å²) in [6, 6.07) is 15.1. The molecule has 6 rings (SSSR count). The maximum absolute atomic E-state index is 13.8. The largest absolute Gasteiger partial charge is 0.400 e. The summed E-state index contributed by atoms with van der Waals surface area (Å²) in [6.45, 7) is 21.5. The van der Waals surface area contributed by atoms with E-state index in [-0.39, 0.29) is 11.7 Å². The van der Waals surface area contributed by atoms with Crippen LogP contribution in [-0.2, 0) is 4.79 Å². The van der Waals surface area contributed by atoms with Crippen molar-refractivity contribution in [3.8, 4) is 0 Å². The normalized spacial score (nSPS) is 28.9. The van der Waals surface area contributed by atoms with E-state index >= 15 is 0 Å². The SMILES string of the molecule is CC.CC.CC.CC12CCCCC1CCC1C2CCC2(C)C(CCCC(=O)NSc3ccccc3F)CCC12.CO.Cc1cccc(C)c1. The first-order chi connectivity index (χ1) is 23.7. The Morgan fingerprint density at radius 3 is 2.04 bits per heavy atom. The summed E-state index contributed by atoms with van der Waals surface area (Å²) in [7, 11) is 1.00. The van der Waals surface area contributed by atoms with Crippen LogP contribution in [0, 0.1) is 60.1 Å². The summed E-state index contributed by atoms with van der Waals surface area (Å²) in [5.74, 6) is 4.34. The molecule has 0 bridgehead atoms. The second-order valence-corrected chi connectivity index (χ2v) is 15.2. The Bertz CT molecular complexity index is 1170. The number of hydrogen-bond donors (Lipinski definition) is 2. The van der Waals surface area contributed by atoms with Gasteiger partial charge in [0, 0.05) is 13.5 Å². The molecule has 4 saturated carbocycles. The lowest BCUT2D eigenvalue weighted by Gasteiger charge is -2.60. The van der Waals surface area contributed by atoms with Crippen molar-refractivity contribution in [2.45, 2.75) is 158 Å². The standard InChI is InChI=1S/C29H42FNOS.C8H10.3C2H6.CH4O/c1-28-18-6-5-8-20(28)13-15-22-23-16-14-21(29(23,2)19-17-24(22)28)9-7-12-27(32)31-33-26-11-4-3-10-25(26)30;1-7-4-3-5-8(2)6-7;4*1-2/h3-4,10-11,20-24H,5-9,12-19H2,1-2H3,(H,31,32);3-6H,1-2H3;3*1-2H3;2H,1H3. The van der Waals surface area contributed by atoms with Crippen LogP contribution in [0.3, 0.4) is 0 Å². The average Bonchev–Trinajstić information content (AvgIpc) is 3.47.